The van der Waals surface area contributed by atoms with Crippen molar-refractivity contribution in [1.82, 2.24) is 9.80 Å². The SMILES string of the molecule is COC(O)N1CCC2(CN(C)C3CCC(Cl)CC32)C1. The molecule has 5 atom stereocenters. The van der Waals surface area contributed by atoms with E-state index in [0.717, 1.165) is 38.9 Å². The van der Waals surface area contributed by atoms with E-state index in [1.54, 1.807) is 7.11 Å². The molecule has 0 amide bonds. The van der Waals surface area contributed by atoms with Gasteiger partial charge < -0.3 is 14.7 Å². The van der Waals surface area contributed by atoms with E-state index < -0.39 is 6.41 Å². The van der Waals surface area contributed by atoms with Gasteiger partial charge in [-0.25, -0.2) is 0 Å². The van der Waals surface area contributed by atoms with Gasteiger partial charge in [-0.1, -0.05) is 0 Å². The topological polar surface area (TPSA) is 35.9 Å². The third-order valence-electron chi connectivity index (χ3n) is 5.60. The number of likely N-dealkylation sites (tertiary alicyclic amines) is 2. The van der Waals surface area contributed by atoms with Crippen LogP contribution in [0.4, 0.5) is 0 Å². The monoisotopic (exact) mass is 288 g/mol. The lowest BCUT2D eigenvalue weighted by Crippen LogP contribution is -2.42. The van der Waals surface area contributed by atoms with Crippen molar-refractivity contribution in [3.63, 3.8) is 0 Å². The van der Waals surface area contributed by atoms with Crippen molar-refractivity contribution in [1.29, 1.82) is 0 Å². The van der Waals surface area contributed by atoms with Crippen LogP contribution in [-0.4, -0.2) is 66.5 Å². The molecule has 2 aliphatic heterocycles. The van der Waals surface area contributed by atoms with Gasteiger partial charge >= 0.3 is 0 Å². The molecule has 1 N–H and O–H groups in total. The standard InChI is InChI=1S/C14H25ClN2O2/c1-16-8-14(5-6-17(9-14)13(18)19-2)11-7-10(15)3-4-12(11)16/h10-13,18H,3-9H2,1-2H3. The number of aliphatic hydroxyl groups is 1. The number of hydrogen-bond donors (Lipinski definition) is 1. The number of halogens is 1. The summed E-state index contributed by atoms with van der Waals surface area (Å²) in [6.45, 7) is 3.01. The van der Waals surface area contributed by atoms with Gasteiger partial charge in [-0.2, -0.15) is 0 Å². The Morgan fingerprint density at radius 1 is 1.37 bits per heavy atom. The van der Waals surface area contributed by atoms with E-state index in [-0.39, 0.29) is 0 Å². The Balaban J connectivity index is 1.77. The van der Waals surface area contributed by atoms with E-state index in [9.17, 15) is 5.11 Å². The van der Waals surface area contributed by atoms with Gasteiger partial charge in [-0.15, -0.1) is 11.6 Å². The summed E-state index contributed by atoms with van der Waals surface area (Å²) >= 11 is 6.41. The van der Waals surface area contributed by atoms with Crippen LogP contribution in [0.2, 0.25) is 0 Å². The lowest BCUT2D eigenvalue weighted by atomic mass is 9.69. The lowest BCUT2D eigenvalue weighted by molar-refractivity contribution is -0.172. The van der Waals surface area contributed by atoms with Gasteiger partial charge in [-0.05, 0) is 38.6 Å². The van der Waals surface area contributed by atoms with Crippen LogP contribution in [0.25, 0.3) is 0 Å². The fourth-order valence-electron chi connectivity index (χ4n) is 4.72. The Labute approximate surface area is 120 Å². The first-order valence-electron chi connectivity index (χ1n) is 7.35. The highest BCUT2D eigenvalue weighted by Crippen LogP contribution is 2.52. The Bertz CT molecular complexity index is 343. The molecule has 1 saturated carbocycles. The van der Waals surface area contributed by atoms with Gasteiger partial charge in [0, 0.05) is 43.6 Å². The Hall–Kier alpha value is 0.130. The maximum atomic E-state index is 9.88. The van der Waals surface area contributed by atoms with E-state index in [2.05, 4.69) is 16.8 Å². The van der Waals surface area contributed by atoms with E-state index in [1.165, 1.54) is 6.42 Å². The van der Waals surface area contributed by atoms with Crippen LogP contribution >= 0.6 is 11.6 Å². The zero-order valence-electron chi connectivity index (χ0n) is 11.9. The molecule has 1 spiro atoms. The van der Waals surface area contributed by atoms with Crippen LogP contribution in [0.15, 0.2) is 0 Å². The highest BCUT2D eigenvalue weighted by atomic mass is 35.5. The van der Waals surface area contributed by atoms with E-state index >= 15 is 0 Å². The maximum absolute atomic E-state index is 9.88. The molecule has 0 aromatic heterocycles. The maximum Gasteiger partial charge on any atom is 0.215 e. The predicted octanol–water partition coefficient (Wildman–Crippen LogP) is 1.32. The molecule has 110 valence electrons. The van der Waals surface area contributed by atoms with Crippen molar-refractivity contribution in [3.05, 3.63) is 0 Å². The van der Waals surface area contributed by atoms with Crippen molar-refractivity contribution in [2.24, 2.45) is 11.3 Å². The molecule has 4 nitrogen and oxygen atoms in total. The van der Waals surface area contributed by atoms with Gasteiger partial charge in [0.2, 0.25) is 6.41 Å². The average Bonchev–Trinajstić information content (AvgIpc) is 2.93. The van der Waals surface area contributed by atoms with E-state index in [1.807, 2.05) is 0 Å². The molecule has 5 unspecified atom stereocenters. The molecule has 3 aliphatic rings. The number of nitrogens with zero attached hydrogens (tertiary/aromatic N) is 2. The summed E-state index contributed by atoms with van der Waals surface area (Å²) in [6.07, 6.45) is 3.91. The van der Waals surface area contributed by atoms with Crippen LogP contribution in [0.5, 0.6) is 0 Å². The second-order valence-electron chi connectivity index (χ2n) is 6.64. The quantitative estimate of drug-likeness (QED) is 0.614. The van der Waals surface area contributed by atoms with Gasteiger partial charge in [0.15, 0.2) is 0 Å². The third-order valence-corrected chi connectivity index (χ3v) is 6.00. The minimum atomic E-state index is -0.751. The normalized spacial score (nSPS) is 45.8. The van der Waals surface area contributed by atoms with Gasteiger partial charge in [-0.3, -0.25) is 4.90 Å². The molecule has 0 aromatic carbocycles. The molecule has 0 aromatic rings. The summed E-state index contributed by atoms with van der Waals surface area (Å²) in [5.41, 5.74) is 0.312. The first-order valence-corrected chi connectivity index (χ1v) is 7.78. The lowest BCUT2D eigenvalue weighted by Gasteiger charge is -2.38. The molecule has 2 heterocycles. The number of alkyl halides is 1. The molecular weight excluding hydrogens is 264 g/mol. The number of hydrogen-bond acceptors (Lipinski definition) is 4. The number of methoxy groups -OCH3 is 1. The third kappa shape index (κ3) is 2.32. The van der Waals surface area contributed by atoms with Crippen LogP contribution < -0.4 is 0 Å². The van der Waals surface area contributed by atoms with Crippen LogP contribution in [-0.2, 0) is 4.74 Å². The summed E-state index contributed by atoms with van der Waals surface area (Å²) in [5, 5.41) is 10.2. The molecule has 0 radical (unpaired) electrons. The Morgan fingerprint density at radius 3 is 2.89 bits per heavy atom. The second-order valence-corrected chi connectivity index (χ2v) is 7.26. The first-order chi connectivity index (χ1) is 9.05. The minimum absolute atomic E-state index is 0.312. The summed E-state index contributed by atoms with van der Waals surface area (Å²) < 4.78 is 5.06. The van der Waals surface area contributed by atoms with Crippen LogP contribution in [0, 0.1) is 11.3 Å². The average molecular weight is 289 g/mol. The minimum Gasteiger partial charge on any atom is -0.356 e. The van der Waals surface area contributed by atoms with Crippen LogP contribution in [0.3, 0.4) is 0 Å². The van der Waals surface area contributed by atoms with Crippen molar-refractivity contribution < 1.29 is 9.84 Å². The fraction of sp³-hybridized carbons (Fsp3) is 1.00. The highest BCUT2D eigenvalue weighted by Gasteiger charge is 2.55. The highest BCUT2D eigenvalue weighted by molar-refractivity contribution is 6.20. The molecule has 5 heteroatoms. The van der Waals surface area contributed by atoms with Crippen molar-refractivity contribution in [3.8, 4) is 0 Å². The molecule has 19 heavy (non-hydrogen) atoms. The van der Waals surface area contributed by atoms with Crippen molar-refractivity contribution >= 4 is 11.6 Å². The van der Waals surface area contributed by atoms with Crippen molar-refractivity contribution in [2.75, 3.05) is 33.8 Å². The molecule has 1 aliphatic carbocycles. The molecule has 3 rings (SSSR count). The summed E-state index contributed by atoms with van der Waals surface area (Å²) in [5.74, 6) is 0.683. The van der Waals surface area contributed by atoms with E-state index in [4.69, 9.17) is 16.3 Å². The zero-order chi connectivity index (χ0) is 13.6. The van der Waals surface area contributed by atoms with E-state index in [0.29, 0.717) is 22.8 Å². The Kier molecular flexibility index (Phi) is 3.82. The summed E-state index contributed by atoms with van der Waals surface area (Å²) in [7, 11) is 3.81. The van der Waals surface area contributed by atoms with Crippen LogP contribution in [0.1, 0.15) is 25.7 Å². The van der Waals surface area contributed by atoms with Gasteiger partial charge in [0.25, 0.3) is 0 Å². The molecular formula is C14H25ClN2O2. The number of rotatable bonds is 2. The predicted molar refractivity (Wildman–Crippen MR) is 75.0 cm³/mol. The molecule has 2 saturated heterocycles. The Morgan fingerprint density at radius 2 is 2.16 bits per heavy atom. The van der Waals surface area contributed by atoms with Gasteiger partial charge in [0.05, 0.1) is 0 Å². The number of fused-ring (bicyclic) bond motifs is 2. The first kappa shape index (κ1) is 14.1. The smallest absolute Gasteiger partial charge is 0.215 e. The summed E-state index contributed by atoms with van der Waals surface area (Å²) in [4.78, 5) is 4.59. The zero-order valence-corrected chi connectivity index (χ0v) is 12.6. The second kappa shape index (κ2) is 5.15. The molecule has 0 bridgehead atoms. The molecule has 3 fully saturated rings. The largest absolute Gasteiger partial charge is 0.356 e. The number of aliphatic hydroxyl groups excluding tert-OH is 1. The fourth-order valence-corrected chi connectivity index (χ4v) is 5.04. The number of ether oxygens (including phenoxy) is 1. The van der Waals surface area contributed by atoms with Crippen molar-refractivity contribution in [2.45, 2.75) is 43.5 Å². The summed E-state index contributed by atoms with van der Waals surface area (Å²) in [6, 6.07) is 0.689. The van der Waals surface area contributed by atoms with Gasteiger partial charge in [0.1, 0.15) is 0 Å².